The summed E-state index contributed by atoms with van der Waals surface area (Å²) in [6.45, 7) is 6.38. The molecule has 378 valence electrons. The van der Waals surface area contributed by atoms with E-state index in [1.165, 1.54) is 38.5 Å². The molecule has 4 heterocycles. The summed E-state index contributed by atoms with van der Waals surface area (Å²) in [6, 6.07) is 29.6. The fourth-order valence-electron chi connectivity index (χ4n) is 10.6. The van der Waals surface area contributed by atoms with Crippen molar-refractivity contribution >= 4 is 92.8 Å². The Kier molecular flexibility index (Phi) is 18.6. The van der Waals surface area contributed by atoms with Crippen molar-refractivity contribution in [1.29, 1.82) is 0 Å². The number of nitrogens with zero attached hydrogens (tertiary/aromatic N) is 4. The van der Waals surface area contributed by atoms with Gasteiger partial charge in [0.05, 0.1) is 45.1 Å². The molecule has 0 fully saturated rings. The number of hydrogen-bond donors (Lipinski definition) is 0. The molecule has 4 amide bonds. The highest BCUT2D eigenvalue weighted by atomic mass is 35.5. The zero-order chi connectivity index (χ0) is 50.7. The van der Waals surface area contributed by atoms with Crippen molar-refractivity contribution in [2.45, 2.75) is 129 Å². The van der Waals surface area contributed by atoms with E-state index < -0.39 is 0 Å². The van der Waals surface area contributed by atoms with Crippen LogP contribution in [0.1, 0.15) is 152 Å². The summed E-state index contributed by atoms with van der Waals surface area (Å²) in [7, 11) is 0. The van der Waals surface area contributed by atoms with E-state index >= 15 is 0 Å². The molecule has 0 bridgehead atoms. The van der Waals surface area contributed by atoms with Crippen molar-refractivity contribution in [3.05, 3.63) is 162 Å². The number of benzene rings is 4. The summed E-state index contributed by atoms with van der Waals surface area (Å²) >= 11 is 25.4. The predicted molar refractivity (Wildman–Crippen MR) is 295 cm³/mol. The molecule has 8 nitrogen and oxygen atoms in total. The zero-order valence-electron chi connectivity index (χ0n) is 41.7. The molecular weight excluding hydrogens is 982 g/mol. The molecule has 0 aliphatic carbocycles. The van der Waals surface area contributed by atoms with E-state index in [1.54, 1.807) is 34.1 Å². The Morgan fingerprint density at radius 1 is 0.278 bits per heavy atom. The van der Waals surface area contributed by atoms with Crippen LogP contribution in [0, 0.1) is 0 Å². The number of halogens is 4. The van der Waals surface area contributed by atoms with Gasteiger partial charge in [-0.25, -0.2) is 0 Å². The molecule has 0 saturated heterocycles. The maximum atomic E-state index is 14.8. The standard InChI is InChI=1S/C60H66Cl4N4O4/c1-3-5-7-9-13-17-37-65-53(41-21-29-45(61)30-22-41)49-51(57(65)69)55(43-25-33-47(63)34-26-43)67(59(49)71)39-19-15-11-12-16-20-40-68-56(44-27-35-48(64)36-28-44)52-50(60(68)72)54(42-23-31-46(62)32-24-42)66(58(52)70)38-18-14-10-8-6-4-2/h21-36H,3-20,37-40H2,1-2H3. The zero-order valence-corrected chi connectivity index (χ0v) is 44.8. The molecule has 0 aromatic heterocycles. The molecular formula is C60H66Cl4N4O4. The molecule has 4 aliphatic heterocycles. The number of rotatable bonds is 27. The van der Waals surface area contributed by atoms with Gasteiger partial charge in [0.25, 0.3) is 23.6 Å². The van der Waals surface area contributed by atoms with Gasteiger partial charge in [0, 0.05) is 46.3 Å². The van der Waals surface area contributed by atoms with Crippen LogP contribution in [-0.2, 0) is 19.2 Å². The number of unbranched alkanes of at least 4 members (excludes halogenated alkanes) is 15. The molecule has 4 aliphatic rings. The van der Waals surface area contributed by atoms with E-state index in [-0.39, 0.29) is 23.6 Å². The summed E-state index contributed by atoms with van der Waals surface area (Å²) in [6.07, 6.45) is 18.1. The number of fused-ring (bicyclic) bond motifs is 2. The first-order valence-electron chi connectivity index (χ1n) is 26.3. The van der Waals surface area contributed by atoms with Crippen LogP contribution in [0.3, 0.4) is 0 Å². The van der Waals surface area contributed by atoms with Gasteiger partial charge in [-0.3, -0.25) is 19.2 Å². The molecule has 12 heteroatoms. The van der Waals surface area contributed by atoms with Crippen molar-refractivity contribution in [2.75, 3.05) is 26.2 Å². The van der Waals surface area contributed by atoms with Crippen LogP contribution in [0.25, 0.3) is 22.8 Å². The number of amides is 4. The first-order valence-corrected chi connectivity index (χ1v) is 27.8. The average molecular weight is 1050 g/mol. The first-order chi connectivity index (χ1) is 35.0. The van der Waals surface area contributed by atoms with Crippen LogP contribution in [0.15, 0.2) is 119 Å². The van der Waals surface area contributed by atoms with Crippen LogP contribution < -0.4 is 0 Å². The Labute approximate surface area is 446 Å². The van der Waals surface area contributed by atoms with Gasteiger partial charge in [-0.15, -0.1) is 0 Å². The molecule has 72 heavy (non-hydrogen) atoms. The van der Waals surface area contributed by atoms with Gasteiger partial charge >= 0.3 is 0 Å². The maximum Gasteiger partial charge on any atom is 0.261 e. The van der Waals surface area contributed by atoms with Gasteiger partial charge in [-0.05, 0) is 96.5 Å². The fourth-order valence-corrected chi connectivity index (χ4v) is 11.1. The highest BCUT2D eigenvalue weighted by molar-refractivity contribution is 6.33. The van der Waals surface area contributed by atoms with Gasteiger partial charge in [0.1, 0.15) is 0 Å². The molecule has 4 aromatic carbocycles. The van der Waals surface area contributed by atoms with Crippen LogP contribution in [-0.4, -0.2) is 69.4 Å². The first kappa shape index (κ1) is 53.2. The number of carbonyl (C=O) groups excluding carboxylic acids is 4. The minimum atomic E-state index is -0.164. The molecule has 0 atom stereocenters. The number of hydrogen-bond acceptors (Lipinski definition) is 4. The summed E-state index contributed by atoms with van der Waals surface area (Å²) < 4.78 is 0. The molecule has 0 radical (unpaired) electrons. The van der Waals surface area contributed by atoms with Crippen molar-refractivity contribution < 1.29 is 19.2 Å². The number of carbonyl (C=O) groups is 4. The second-order valence-corrected chi connectivity index (χ2v) is 21.2. The Balaban J connectivity index is 0.949. The van der Waals surface area contributed by atoms with Gasteiger partial charge < -0.3 is 19.6 Å². The van der Waals surface area contributed by atoms with Gasteiger partial charge in [0.2, 0.25) is 0 Å². The third-order valence-electron chi connectivity index (χ3n) is 14.3. The minimum absolute atomic E-state index is 0.147. The summed E-state index contributed by atoms with van der Waals surface area (Å²) in [5.41, 5.74) is 7.54. The highest BCUT2D eigenvalue weighted by Gasteiger charge is 2.50. The lowest BCUT2D eigenvalue weighted by Gasteiger charge is -2.26. The van der Waals surface area contributed by atoms with Crippen molar-refractivity contribution in [3.63, 3.8) is 0 Å². The lowest BCUT2D eigenvalue weighted by Crippen LogP contribution is -2.31. The quantitative estimate of drug-likeness (QED) is 0.0557. The SMILES string of the molecule is CCCCCCCCN1C(=O)C2=C(c3ccc(Cl)cc3)N(CCCCCCCCN3C(=O)C4=C(c5ccc(Cl)cc5)N(CCCCCCCC)C(=O)C4=C3c3ccc(Cl)cc3)C(=O)C2=C1c1ccc(Cl)cc1. The van der Waals surface area contributed by atoms with Gasteiger partial charge in [-0.2, -0.15) is 0 Å². The molecule has 0 N–H and O–H groups in total. The minimum Gasteiger partial charge on any atom is -0.307 e. The van der Waals surface area contributed by atoms with Crippen LogP contribution >= 0.6 is 46.4 Å². The lowest BCUT2D eigenvalue weighted by atomic mass is 10.0. The molecule has 8 rings (SSSR count). The van der Waals surface area contributed by atoms with Crippen molar-refractivity contribution in [3.8, 4) is 0 Å². The Hall–Kier alpha value is -5.12. The Morgan fingerprint density at radius 3 is 0.653 bits per heavy atom. The van der Waals surface area contributed by atoms with Gasteiger partial charge in [-0.1, -0.05) is 199 Å². The summed E-state index contributed by atoms with van der Waals surface area (Å²) in [5.74, 6) is -0.622. The largest absolute Gasteiger partial charge is 0.307 e. The second kappa shape index (κ2) is 25.2. The normalized spacial score (nSPS) is 15.8. The second-order valence-electron chi connectivity index (χ2n) is 19.4. The monoisotopic (exact) mass is 1050 g/mol. The average Bonchev–Trinajstić information content (AvgIpc) is 4.03. The third kappa shape index (κ3) is 11.8. The van der Waals surface area contributed by atoms with E-state index in [0.29, 0.717) is 91.4 Å². The van der Waals surface area contributed by atoms with E-state index in [9.17, 15) is 19.2 Å². The van der Waals surface area contributed by atoms with E-state index in [2.05, 4.69) is 13.8 Å². The molecule has 0 spiro atoms. The highest BCUT2D eigenvalue weighted by Crippen LogP contribution is 2.49. The van der Waals surface area contributed by atoms with E-state index in [4.69, 9.17) is 46.4 Å². The van der Waals surface area contributed by atoms with E-state index in [1.807, 2.05) is 82.6 Å². The van der Waals surface area contributed by atoms with Crippen molar-refractivity contribution in [2.24, 2.45) is 0 Å². The van der Waals surface area contributed by atoms with Crippen LogP contribution in [0.5, 0.6) is 0 Å². The maximum absolute atomic E-state index is 14.8. The Bertz CT molecular complexity index is 2550. The molecule has 0 unspecified atom stereocenters. The van der Waals surface area contributed by atoms with Crippen LogP contribution in [0.2, 0.25) is 20.1 Å². The predicted octanol–water partition coefficient (Wildman–Crippen LogP) is 15.7. The topological polar surface area (TPSA) is 81.2 Å². The van der Waals surface area contributed by atoms with Crippen molar-refractivity contribution in [1.82, 2.24) is 19.6 Å². The van der Waals surface area contributed by atoms with Crippen LogP contribution in [0.4, 0.5) is 0 Å². The summed E-state index contributed by atoms with van der Waals surface area (Å²) in [4.78, 5) is 66.1. The summed E-state index contributed by atoms with van der Waals surface area (Å²) in [5, 5.41) is 2.33. The molecule has 4 aromatic rings. The molecule has 0 saturated carbocycles. The third-order valence-corrected chi connectivity index (χ3v) is 15.3. The smallest absolute Gasteiger partial charge is 0.261 e. The van der Waals surface area contributed by atoms with Gasteiger partial charge in [0.15, 0.2) is 0 Å². The van der Waals surface area contributed by atoms with E-state index in [0.717, 1.165) is 99.3 Å². The lowest BCUT2D eigenvalue weighted by molar-refractivity contribution is -0.124. The fraction of sp³-hybridized carbons (Fsp3) is 0.400. The Morgan fingerprint density at radius 2 is 0.458 bits per heavy atom.